The Bertz CT molecular complexity index is 994. The molecule has 3 aromatic rings. The number of aromatic nitrogens is 3. The van der Waals surface area contributed by atoms with Crippen LogP contribution in [0, 0.1) is 0 Å². The Balaban J connectivity index is 1.40. The van der Waals surface area contributed by atoms with E-state index in [1.807, 2.05) is 18.3 Å². The summed E-state index contributed by atoms with van der Waals surface area (Å²) in [6, 6.07) is 10.5. The molecule has 1 unspecified atom stereocenters. The van der Waals surface area contributed by atoms with Crippen LogP contribution < -0.4 is 4.90 Å². The summed E-state index contributed by atoms with van der Waals surface area (Å²) >= 11 is 6.44. The number of pyridine rings is 2. The smallest absolute Gasteiger partial charge is 0.138 e. The van der Waals surface area contributed by atoms with E-state index in [1.54, 1.807) is 0 Å². The number of hydrogen-bond acceptors (Lipinski definition) is 5. The van der Waals surface area contributed by atoms with Crippen molar-refractivity contribution in [2.24, 2.45) is 0 Å². The maximum atomic E-state index is 6.44. The van der Waals surface area contributed by atoms with Crippen molar-refractivity contribution in [3.63, 3.8) is 0 Å². The van der Waals surface area contributed by atoms with Crippen molar-refractivity contribution >= 4 is 23.1 Å². The number of imidazole rings is 1. The lowest BCUT2D eigenvalue weighted by Crippen LogP contribution is -2.45. The van der Waals surface area contributed by atoms with Crippen molar-refractivity contribution in [1.82, 2.24) is 24.2 Å². The molecule has 5 heterocycles. The summed E-state index contributed by atoms with van der Waals surface area (Å²) in [5.74, 6) is 1.24. The highest BCUT2D eigenvalue weighted by Crippen LogP contribution is 2.35. The molecule has 1 atom stereocenters. The Morgan fingerprint density at radius 1 is 1.07 bits per heavy atom. The first-order chi connectivity index (χ1) is 14.2. The first kappa shape index (κ1) is 18.9. The Labute approximate surface area is 176 Å². The molecule has 0 bridgehead atoms. The van der Waals surface area contributed by atoms with Gasteiger partial charge in [-0.05, 0) is 50.7 Å². The Hall–Kier alpha value is -2.15. The third-order valence-corrected chi connectivity index (χ3v) is 6.50. The second kappa shape index (κ2) is 7.94. The van der Waals surface area contributed by atoms with Crippen LogP contribution in [0.2, 0.25) is 5.02 Å². The molecule has 0 saturated carbocycles. The number of anilines is 1. The monoisotopic (exact) mass is 410 g/mol. The molecule has 3 aromatic heterocycles. The van der Waals surface area contributed by atoms with Gasteiger partial charge in [0.05, 0.1) is 22.5 Å². The van der Waals surface area contributed by atoms with Gasteiger partial charge in [0.25, 0.3) is 0 Å². The maximum Gasteiger partial charge on any atom is 0.138 e. The standard InChI is InChI=1S/C22H27ClN6/c1-26-11-13-27(14-12-26)21-8-2-7-20-25-17(16-29(20)21)15-28-10-4-6-19(28)22-18(23)5-3-9-24-22/h2-3,5,7-9,16,19H,4,6,10-15H2,1H3. The van der Waals surface area contributed by atoms with Gasteiger partial charge in [0, 0.05) is 45.1 Å². The van der Waals surface area contributed by atoms with Crippen LogP contribution in [0.25, 0.3) is 5.65 Å². The Morgan fingerprint density at radius 2 is 1.93 bits per heavy atom. The molecule has 2 fully saturated rings. The third-order valence-electron chi connectivity index (χ3n) is 6.18. The summed E-state index contributed by atoms with van der Waals surface area (Å²) in [5.41, 5.74) is 3.11. The molecule has 2 saturated heterocycles. The average molecular weight is 411 g/mol. The lowest BCUT2D eigenvalue weighted by molar-refractivity contribution is 0.242. The maximum absolute atomic E-state index is 6.44. The topological polar surface area (TPSA) is 39.9 Å². The van der Waals surface area contributed by atoms with Crippen LogP contribution in [0.15, 0.2) is 42.7 Å². The molecular formula is C22H27ClN6. The molecule has 5 rings (SSSR count). The van der Waals surface area contributed by atoms with E-state index in [4.69, 9.17) is 16.6 Å². The third kappa shape index (κ3) is 3.72. The number of likely N-dealkylation sites (N-methyl/N-ethyl adjacent to an activating group) is 1. The van der Waals surface area contributed by atoms with E-state index >= 15 is 0 Å². The molecule has 29 heavy (non-hydrogen) atoms. The van der Waals surface area contributed by atoms with Crippen molar-refractivity contribution in [1.29, 1.82) is 0 Å². The van der Waals surface area contributed by atoms with Gasteiger partial charge >= 0.3 is 0 Å². The van der Waals surface area contributed by atoms with E-state index < -0.39 is 0 Å². The summed E-state index contributed by atoms with van der Waals surface area (Å²) in [4.78, 5) is 16.8. The Kier molecular flexibility index (Phi) is 5.16. The highest BCUT2D eigenvalue weighted by Gasteiger charge is 2.29. The van der Waals surface area contributed by atoms with Gasteiger partial charge in [-0.25, -0.2) is 4.98 Å². The fourth-order valence-corrected chi connectivity index (χ4v) is 4.84. The molecule has 0 aromatic carbocycles. The number of likely N-dealkylation sites (tertiary alicyclic amines) is 1. The van der Waals surface area contributed by atoms with Gasteiger partial charge in [-0.15, -0.1) is 0 Å². The predicted molar refractivity (Wildman–Crippen MR) is 117 cm³/mol. The molecular weight excluding hydrogens is 384 g/mol. The Morgan fingerprint density at radius 3 is 2.76 bits per heavy atom. The zero-order valence-electron chi connectivity index (χ0n) is 16.8. The average Bonchev–Trinajstić information content (AvgIpc) is 3.35. The minimum Gasteiger partial charge on any atom is -0.355 e. The molecule has 0 N–H and O–H groups in total. The number of piperazine rings is 1. The fourth-order valence-electron chi connectivity index (χ4n) is 4.59. The first-order valence-corrected chi connectivity index (χ1v) is 10.8. The van der Waals surface area contributed by atoms with Crippen LogP contribution in [0.5, 0.6) is 0 Å². The minimum absolute atomic E-state index is 0.269. The fraction of sp³-hybridized carbons (Fsp3) is 0.455. The van der Waals surface area contributed by atoms with Gasteiger partial charge < -0.3 is 9.80 Å². The van der Waals surface area contributed by atoms with Crippen molar-refractivity contribution < 1.29 is 0 Å². The predicted octanol–water partition coefficient (Wildman–Crippen LogP) is 3.47. The lowest BCUT2D eigenvalue weighted by atomic mass is 10.1. The highest BCUT2D eigenvalue weighted by atomic mass is 35.5. The number of hydrogen-bond donors (Lipinski definition) is 0. The van der Waals surface area contributed by atoms with E-state index in [9.17, 15) is 0 Å². The van der Waals surface area contributed by atoms with Crippen molar-refractivity contribution in [2.75, 3.05) is 44.7 Å². The zero-order chi connectivity index (χ0) is 19.8. The highest BCUT2D eigenvalue weighted by molar-refractivity contribution is 6.31. The van der Waals surface area contributed by atoms with Gasteiger partial charge in [-0.2, -0.15) is 0 Å². The number of nitrogens with zero attached hydrogens (tertiary/aromatic N) is 6. The van der Waals surface area contributed by atoms with Crippen molar-refractivity contribution in [3.05, 3.63) is 59.1 Å². The summed E-state index contributed by atoms with van der Waals surface area (Å²) < 4.78 is 2.25. The van der Waals surface area contributed by atoms with Gasteiger partial charge in [-0.1, -0.05) is 17.7 Å². The van der Waals surface area contributed by atoms with Crippen LogP contribution in [0.1, 0.15) is 30.3 Å². The summed E-state index contributed by atoms with van der Waals surface area (Å²) in [5, 5.41) is 0.761. The van der Waals surface area contributed by atoms with Crippen LogP contribution in [0.4, 0.5) is 5.82 Å². The molecule has 0 aliphatic carbocycles. The van der Waals surface area contributed by atoms with Crippen LogP contribution in [-0.4, -0.2) is 63.9 Å². The summed E-state index contributed by atoms with van der Waals surface area (Å²) in [6.07, 6.45) is 6.30. The van der Waals surface area contributed by atoms with Crippen molar-refractivity contribution in [2.45, 2.75) is 25.4 Å². The van der Waals surface area contributed by atoms with Gasteiger partial charge in [0.2, 0.25) is 0 Å². The first-order valence-electron chi connectivity index (χ1n) is 10.4. The van der Waals surface area contributed by atoms with Crippen LogP contribution >= 0.6 is 11.6 Å². The molecule has 2 aliphatic rings. The zero-order valence-corrected chi connectivity index (χ0v) is 17.6. The quantitative estimate of drug-likeness (QED) is 0.658. The lowest BCUT2D eigenvalue weighted by Gasteiger charge is -2.34. The molecule has 0 spiro atoms. The van der Waals surface area contributed by atoms with Gasteiger partial charge in [0.15, 0.2) is 0 Å². The molecule has 152 valence electrons. The summed E-state index contributed by atoms with van der Waals surface area (Å²) in [6.45, 7) is 6.17. The SMILES string of the molecule is CN1CCN(c2cccc3nc(CN4CCCC4c4ncccc4Cl)cn23)CC1. The molecule has 7 heteroatoms. The van der Waals surface area contributed by atoms with Crippen molar-refractivity contribution in [3.8, 4) is 0 Å². The van der Waals surface area contributed by atoms with Gasteiger partial charge in [0.1, 0.15) is 11.5 Å². The molecule has 0 radical (unpaired) electrons. The van der Waals surface area contributed by atoms with Crippen LogP contribution in [0.3, 0.4) is 0 Å². The molecule has 0 amide bonds. The normalized spacial score (nSPS) is 21.3. The van der Waals surface area contributed by atoms with E-state index in [0.29, 0.717) is 0 Å². The van der Waals surface area contributed by atoms with Gasteiger partial charge in [-0.3, -0.25) is 14.3 Å². The van der Waals surface area contributed by atoms with Crippen LogP contribution in [-0.2, 0) is 6.54 Å². The minimum atomic E-state index is 0.269. The second-order valence-corrected chi connectivity index (χ2v) is 8.54. The largest absolute Gasteiger partial charge is 0.355 e. The molecule has 6 nitrogen and oxygen atoms in total. The summed E-state index contributed by atoms with van der Waals surface area (Å²) in [7, 11) is 2.19. The van der Waals surface area contributed by atoms with E-state index in [1.165, 1.54) is 5.82 Å². The number of rotatable bonds is 4. The van der Waals surface area contributed by atoms with E-state index in [0.717, 1.165) is 74.2 Å². The number of halogens is 1. The van der Waals surface area contributed by atoms with E-state index in [2.05, 4.69) is 55.5 Å². The second-order valence-electron chi connectivity index (χ2n) is 8.13. The van der Waals surface area contributed by atoms with E-state index in [-0.39, 0.29) is 6.04 Å². The molecule has 2 aliphatic heterocycles. The number of fused-ring (bicyclic) bond motifs is 1.